The Morgan fingerprint density at radius 3 is 2.11 bits per heavy atom. The Hall–Kier alpha value is -3.89. The number of allylic oxidation sites excluding steroid dienone is 1. The van der Waals surface area contributed by atoms with Crippen LogP contribution in [0, 0.1) is 34.5 Å². The van der Waals surface area contributed by atoms with E-state index in [9.17, 15) is 31.5 Å². The van der Waals surface area contributed by atoms with E-state index in [1.807, 2.05) is 0 Å². The SMILES string of the molecule is COC1=CC23CCN(C(=O)c4c(F)c(F)c(F)c(F)c4F)C2Cc2cc(OC)c(OC)cc2C3=CC1=O. The van der Waals surface area contributed by atoms with Gasteiger partial charge >= 0.3 is 0 Å². The van der Waals surface area contributed by atoms with Crippen molar-refractivity contribution in [2.24, 2.45) is 5.41 Å². The number of carbonyl (C=O) groups excluding carboxylic acids is 2. The number of rotatable bonds is 4. The summed E-state index contributed by atoms with van der Waals surface area (Å²) in [5.41, 5.74) is -0.730. The molecule has 2 aliphatic carbocycles. The van der Waals surface area contributed by atoms with E-state index in [4.69, 9.17) is 14.2 Å². The lowest BCUT2D eigenvalue weighted by Gasteiger charge is -2.44. The van der Waals surface area contributed by atoms with Crippen molar-refractivity contribution in [2.45, 2.75) is 18.9 Å². The maximum atomic E-state index is 14.6. The van der Waals surface area contributed by atoms with Crippen LogP contribution in [0.3, 0.4) is 0 Å². The molecule has 3 aliphatic rings. The van der Waals surface area contributed by atoms with Crippen LogP contribution in [-0.4, -0.2) is 50.5 Å². The van der Waals surface area contributed by atoms with Gasteiger partial charge in [0.1, 0.15) is 5.56 Å². The Labute approximate surface area is 207 Å². The Kier molecular flexibility index (Phi) is 5.76. The number of methoxy groups -OCH3 is 3. The molecule has 1 heterocycles. The van der Waals surface area contributed by atoms with E-state index >= 15 is 0 Å². The lowest BCUT2D eigenvalue weighted by molar-refractivity contribution is -0.114. The van der Waals surface area contributed by atoms with E-state index < -0.39 is 57.8 Å². The van der Waals surface area contributed by atoms with Crippen LogP contribution < -0.4 is 9.47 Å². The van der Waals surface area contributed by atoms with Crippen LogP contribution in [0.1, 0.15) is 27.9 Å². The topological polar surface area (TPSA) is 65.1 Å². The first-order valence-electron chi connectivity index (χ1n) is 11.2. The molecule has 11 heteroatoms. The number of nitrogens with zero attached hydrogens (tertiary/aromatic N) is 1. The number of benzene rings is 2. The largest absolute Gasteiger partial charge is 0.493 e. The minimum Gasteiger partial charge on any atom is -0.493 e. The van der Waals surface area contributed by atoms with Gasteiger partial charge in [-0.15, -0.1) is 0 Å². The molecular weight excluding hydrogens is 501 g/mol. The van der Waals surface area contributed by atoms with E-state index in [0.717, 1.165) is 4.90 Å². The fraction of sp³-hybridized carbons (Fsp3) is 0.308. The number of likely N-dealkylation sites (tertiary alicyclic amines) is 1. The highest BCUT2D eigenvalue weighted by Crippen LogP contribution is 2.57. The van der Waals surface area contributed by atoms with E-state index in [0.29, 0.717) is 28.2 Å². The van der Waals surface area contributed by atoms with Gasteiger partial charge in [-0.3, -0.25) is 9.59 Å². The van der Waals surface area contributed by atoms with Crippen LogP contribution in [0.5, 0.6) is 11.5 Å². The van der Waals surface area contributed by atoms with Gasteiger partial charge in [0.2, 0.25) is 11.6 Å². The first-order valence-corrected chi connectivity index (χ1v) is 11.2. The van der Waals surface area contributed by atoms with E-state index in [1.165, 1.54) is 27.4 Å². The lowest BCUT2D eigenvalue weighted by atomic mass is 9.62. The molecule has 0 bridgehead atoms. The van der Waals surface area contributed by atoms with Gasteiger partial charge in [0, 0.05) is 18.0 Å². The number of hydrogen-bond acceptors (Lipinski definition) is 5. The van der Waals surface area contributed by atoms with Gasteiger partial charge in [-0.1, -0.05) is 0 Å². The Morgan fingerprint density at radius 1 is 0.919 bits per heavy atom. The summed E-state index contributed by atoms with van der Waals surface area (Å²) in [6.45, 7) is -0.0791. The summed E-state index contributed by atoms with van der Waals surface area (Å²) in [5.74, 6) is -12.1. The average molecular weight is 521 g/mol. The molecule has 0 radical (unpaired) electrons. The van der Waals surface area contributed by atoms with Gasteiger partial charge in [0.05, 0.1) is 21.3 Å². The molecule has 2 atom stereocenters. The zero-order valence-corrected chi connectivity index (χ0v) is 19.9. The van der Waals surface area contributed by atoms with Gasteiger partial charge in [-0.2, -0.15) is 0 Å². The zero-order valence-electron chi connectivity index (χ0n) is 19.9. The van der Waals surface area contributed by atoms with Crippen molar-refractivity contribution in [1.82, 2.24) is 4.90 Å². The van der Waals surface area contributed by atoms with Crippen molar-refractivity contribution in [3.05, 3.63) is 75.8 Å². The van der Waals surface area contributed by atoms with Crippen molar-refractivity contribution in [2.75, 3.05) is 27.9 Å². The second-order valence-electron chi connectivity index (χ2n) is 8.95. The van der Waals surface area contributed by atoms with Crippen LogP contribution in [0.15, 0.2) is 30.0 Å². The average Bonchev–Trinajstić information content (AvgIpc) is 3.26. The van der Waals surface area contributed by atoms with Crippen molar-refractivity contribution in [3.63, 3.8) is 0 Å². The third-order valence-corrected chi connectivity index (χ3v) is 7.36. The summed E-state index contributed by atoms with van der Waals surface area (Å²) in [7, 11) is 4.20. The van der Waals surface area contributed by atoms with Gasteiger partial charge in [0.25, 0.3) is 5.91 Å². The summed E-state index contributed by atoms with van der Waals surface area (Å²) in [4.78, 5) is 27.2. The predicted octanol–water partition coefficient (Wildman–Crippen LogP) is 4.35. The molecule has 5 rings (SSSR count). The third-order valence-electron chi connectivity index (χ3n) is 7.36. The van der Waals surface area contributed by atoms with E-state index in [2.05, 4.69) is 0 Å². The number of ketones is 1. The van der Waals surface area contributed by atoms with E-state index in [-0.39, 0.29) is 25.1 Å². The molecule has 37 heavy (non-hydrogen) atoms. The van der Waals surface area contributed by atoms with Gasteiger partial charge in [-0.05, 0) is 53.8 Å². The highest BCUT2D eigenvalue weighted by atomic mass is 19.2. The number of hydrogen-bond donors (Lipinski definition) is 0. The minimum absolute atomic E-state index is 0.0169. The molecule has 1 fully saturated rings. The van der Waals surface area contributed by atoms with Crippen LogP contribution in [0.25, 0.3) is 5.57 Å². The monoisotopic (exact) mass is 521 g/mol. The van der Waals surface area contributed by atoms with Crippen LogP contribution >= 0.6 is 0 Å². The predicted molar refractivity (Wildman–Crippen MR) is 119 cm³/mol. The molecule has 1 aliphatic heterocycles. The number of amides is 1. The van der Waals surface area contributed by atoms with Crippen LogP contribution in [-0.2, 0) is 16.0 Å². The normalized spacial score (nSPS) is 22.0. The highest BCUT2D eigenvalue weighted by Gasteiger charge is 2.56. The Bertz CT molecular complexity index is 1410. The molecule has 1 saturated heterocycles. The number of halogens is 5. The molecule has 1 spiro atoms. The van der Waals surface area contributed by atoms with Crippen LogP contribution in [0.2, 0.25) is 0 Å². The first kappa shape index (κ1) is 24.8. The van der Waals surface area contributed by atoms with E-state index in [1.54, 1.807) is 18.2 Å². The summed E-state index contributed by atoms with van der Waals surface area (Å²) in [6, 6.07) is 2.54. The molecule has 194 valence electrons. The summed E-state index contributed by atoms with van der Waals surface area (Å²) >= 11 is 0. The van der Waals surface area contributed by atoms with Crippen molar-refractivity contribution in [1.29, 1.82) is 0 Å². The molecule has 6 nitrogen and oxygen atoms in total. The summed E-state index contributed by atoms with van der Waals surface area (Å²) in [6.07, 6.45) is 3.29. The Balaban J connectivity index is 1.69. The fourth-order valence-corrected chi connectivity index (χ4v) is 5.62. The van der Waals surface area contributed by atoms with Gasteiger partial charge < -0.3 is 19.1 Å². The maximum absolute atomic E-state index is 14.6. The van der Waals surface area contributed by atoms with Crippen molar-refractivity contribution >= 4 is 17.3 Å². The van der Waals surface area contributed by atoms with Gasteiger partial charge in [0.15, 0.2) is 40.5 Å². The Morgan fingerprint density at radius 2 is 1.51 bits per heavy atom. The lowest BCUT2D eigenvalue weighted by Crippen LogP contribution is -2.48. The second kappa shape index (κ2) is 8.60. The molecule has 2 unspecified atom stereocenters. The van der Waals surface area contributed by atoms with Gasteiger partial charge in [-0.25, -0.2) is 22.0 Å². The first-order chi connectivity index (χ1) is 17.6. The fourth-order valence-electron chi connectivity index (χ4n) is 5.62. The second-order valence-corrected chi connectivity index (χ2v) is 8.95. The molecule has 0 saturated carbocycles. The van der Waals surface area contributed by atoms with Crippen molar-refractivity contribution in [3.8, 4) is 11.5 Å². The zero-order chi connectivity index (χ0) is 26.8. The summed E-state index contributed by atoms with van der Waals surface area (Å²) in [5, 5.41) is 0. The number of ether oxygens (including phenoxy) is 3. The number of fused-ring (bicyclic) bond motifs is 2. The van der Waals surface area contributed by atoms with Crippen LogP contribution in [0.4, 0.5) is 22.0 Å². The highest BCUT2D eigenvalue weighted by molar-refractivity contribution is 6.11. The van der Waals surface area contributed by atoms with Crippen molar-refractivity contribution < 1.29 is 45.8 Å². The molecule has 0 aromatic heterocycles. The summed E-state index contributed by atoms with van der Waals surface area (Å²) < 4.78 is 86.6. The third kappa shape index (κ3) is 3.36. The smallest absolute Gasteiger partial charge is 0.260 e. The standard InChI is InChI=1S/C26H20F5NO5/c1-35-15-6-11-7-18-26(10-17(37-3)14(33)9-13(26)12(11)8-16(15)36-2)4-5-32(18)25(34)19-20(27)22(29)24(31)23(30)21(19)28/h6,8-10,18H,4-5,7H2,1-3H3. The minimum atomic E-state index is -2.35. The number of carbonyl (C=O) groups is 2. The maximum Gasteiger partial charge on any atom is 0.260 e. The molecule has 2 aromatic carbocycles. The molecular formula is C26H20F5NO5. The quantitative estimate of drug-likeness (QED) is 0.340. The molecule has 1 amide bonds. The molecule has 0 N–H and O–H groups in total. The molecule has 2 aromatic rings.